The van der Waals surface area contributed by atoms with Crippen molar-refractivity contribution in [3.8, 4) is 11.5 Å². The lowest BCUT2D eigenvalue weighted by molar-refractivity contribution is -0.192. The van der Waals surface area contributed by atoms with E-state index in [-0.39, 0.29) is 23.3 Å². The lowest BCUT2D eigenvalue weighted by Gasteiger charge is -2.22. The van der Waals surface area contributed by atoms with Crippen LogP contribution in [0.5, 0.6) is 11.5 Å². The number of phenolic OH excluding ortho intramolecular Hbond substituents is 1. The van der Waals surface area contributed by atoms with Crippen molar-refractivity contribution in [3.05, 3.63) is 65.6 Å². The molecule has 0 spiro atoms. The number of ether oxygens (including phenoxy) is 1. The number of nitrogens with zero attached hydrogens (tertiary/aromatic N) is 1. The minimum Gasteiger partial charge on any atom is -0.505 e. The highest BCUT2D eigenvalue weighted by Crippen LogP contribution is 2.35. The van der Waals surface area contributed by atoms with E-state index in [1.165, 1.54) is 19.2 Å². The number of benzene rings is 2. The maximum atomic E-state index is 14.3. The molecule has 3 N–H and O–H groups in total. The van der Waals surface area contributed by atoms with E-state index >= 15 is 0 Å². The van der Waals surface area contributed by atoms with Gasteiger partial charge in [0.1, 0.15) is 11.3 Å². The van der Waals surface area contributed by atoms with E-state index in [1.54, 1.807) is 24.4 Å². The maximum Gasteiger partial charge on any atom is 0.490 e. The Morgan fingerprint density at radius 3 is 2.34 bits per heavy atom. The van der Waals surface area contributed by atoms with Crippen molar-refractivity contribution in [1.29, 1.82) is 0 Å². The van der Waals surface area contributed by atoms with Crippen LogP contribution in [-0.2, 0) is 9.59 Å². The van der Waals surface area contributed by atoms with Gasteiger partial charge in [-0.1, -0.05) is 38.1 Å². The quantitative estimate of drug-likeness (QED) is 0.416. The summed E-state index contributed by atoms with van der Waals surface area (Å²) in [6, 6.07) is 10.9. The van der Waals surface area contributed by atoms with Crippen LogP contribution >= 0.6 is 0 Å². The van der Waals surface area contributed by atoms with Gasteiger partial charge in [-0.25, -0.2) is 9.18 Å². The normalized spacial score (nSPS) is 12.0. The number of rotatable bonds is 6. The number of methoxy groups -OCH3 is 1. The molecule has 3 aromatic rings. The summed E-state index contributed by atoms with van der Waals surface area (Å²) in [7, 11) is 1.39. The van der Waals surface area contributed by atoms with Crippen LogP contribution in [-0.4, -0.2) is 40.4 Å². The minimum atomic E-state index is -5.08. The molecule has 0 aliphatic heterocycles. The van der Waals surface area contributed by atoms with E-state index < -0.39 is 24.0 Å². The number of hydrogen-bond donors (Lipinski definition) is 3. The lowest BCUT2D eigenvalue weighted by atomic mass is 9.95. The van der Waals surface area contributed by atoms with Crippen LogP contribution < -0.4 is 10.1 Å². The Morgan fingerprint density at radius 2 is 1.80 bits per heavy atom. The van der Waals surface area contributed by atoms with Crippen molar-refractivity contribution in [2.75, 3.05) is 7.11 Å². The number of carboxylic acids is 1. The number of carbonyl (C=O) groups excluding carboxylic acids is 1. The van der Waals surface area contributed by atoms with Gasteiger partial charge in [0.15, 0.2) is 11.6 Å². The van der Waals surface area contributed by atoms with Gasteiger partial charge in [-0.15, -0.1) is 0 Å². The zero-order valence-electron chi connectivity index (χ0n) is 19.1. The second kappa shape index (κ2) is 11.5. The summed E-state index contributed by atoms with van der Waals surface area (Å²) in [6.07, 6.45) is -3.17. The van der Waals surface area contributed by atoms with Crippen molar-refractivity contribution in [3.63, 3.8) is 0 Å². The number of alkyl halides is 3. The molecule has 0 saturated heterocycles. The molecule has 0 saturated carbocycles. The third-order valence-corrected chi connectivity index (χ3v) is 4.74. The third-order valence-electron chi connectivity index (χ3n) is 4.74. The zero-order valence-corrected chi connectivity index (χ0v) is 19.1. The average Bonchev–Trinajstić information content (AvgIpc) is 2.77. The molecule has 0 radical (unpaired) electrons. The highest BCUT2D eigenvalue weighted by Gasteiger charge is 2.38. The molecule has 0 fully saturated rings. The number of carboxylic acid groups (broad SMARTS) is 1. The summed E-state index contributed by atoms with van der Waals surface area (Å²) < 4.78 is 51.0. The number of fused-ring (bicyclic) bond motifs is 1. The molecule has 1 unspecified atom stereocenters. The molecule has 0 aliphatic carbocycles. The van der Waals surface area contributed by atoms with Crippen molar-refractivity contribution in [2.24, 2.45) is 5.92 Å². The molecule has 1 heterocycles. The van der Waals surface area contributed by atoms with Gasteiger partial charge in [-0.05, 0) is 29.7 Å². The molecule has 0 aliphatic rings. The smallest absolute Gasteiger partial charge is 0.490 e. The molecule has 2 aromatic carbocycles. The Balaban J connectivity index is 0.000000540. The van der Waals surface area contributed by atoms with Crippen LogP contribution in [0.3, 0.4) is 0 Å². The monoisotopic (exact) mass is 496 g/mol. The van der Waals surface area contributed by atoms with Gasteiger partial charge in [0.2, 0.25) is 5.91 Å². The van der Waals surface area contributed by atoms with Gasteiger partial charge < -0.3 is 20.3 Å². The first-order valence-corrected chi connectivity index (χ1v) is 10.3. The maximum absolute atomic E-state index is 14.3. The molecular weight excluding hydrogens is 472 g/mol. The van der Waals surface area contributed by atoms with E-state index in [0.29, 0.717) is 23.1 Å². The first-order chi connectivity index (χ1) is 16.3. The molecule has 35 heavy (non-hydrogen) atoms. The molecule has 7 nitrogen and oxygen atoms in total. The Morgan fingerprint density at radius 1 is 1.14 bits per heavy atom. The molecule has 1 aromatic heterocycles. The lowest BCUT2D eigenvalue weighted by Crippen LogP contribution is -2.30. The van der Waals surface area contributed by atoms with Gasteiger partial charge in [0.25, 0.3) is 0 Å². The highest BCUT2D eigenvalue weighted by molar-refractivity contribution is 5.86. The summed E-state index contributed by atoms with van der Waals surface area (Å²) in [5.74, 6) is -3.24. The Kier molecular flexibility index (Phi) is 8.99. The number of pyridine rings is 1. The second-order valence-electron chi connectivity index (χ2n) is 7.87. The predicted octanol–water partition coefficient (Wildman–Crippen LogP) is 4.97. The van der Waals surface area contributed by atoms with E-state index in [0.717, 1.165) is 5.39 Å². The van der Waals surface area contributed by atoms with Crippen LogP contribution in [0.1, 0.15) is 37.4 Å². The van der Waals surface area contributed by atoms with Crippen molar-refractivity contribution < 1.29 is 42.1 Å². The van der Waals surface area contributed by atoms with Gasteiger partial charge >= 0.3 is 12.1 Å². The largest absolute Gasteiger partial charge is 0.505 e. The van der Waals surface area contributed by atoms with Crippen molar-refractivity contribution in [1.82, 2.24) is 10.3 Å². The Hall–Kier alpha value is -3.89. The number of aromatic nitrogens is 1. The molecule has 1 amide bonds. The number of aliphatic carboxylic acids is 1. The number of carbonyl (C=O) groups is 2. The van der Waals surface area contributed by atoms with Crippen LogP contribution in [0.25, 0.3) is 10.9 Å². The predicted molar refractivity (Wildman–Crippen MR) is 119 cm³/mol. The number of aromatic hydroxyl groups is 1. The minimum absolute atomic E-state index is 0.0378. The average molecular weight is 496 g/mol. The Bertz CT molecular complexity index is 1200. The number of hydrogen-bond acceptors (Lipinski definition) is 5. The van der Waals surface area contributed by atoms with Gasteiger partial charge in [-0.3, -0.25) is 9.78 Å². The number of halogens is 4. The van der Waals surface area contributed by atoms with E-state index in [4.69, 9.17) is 14.6 Å². The van der Waals surface area contributed by atoms with Crippen molar-refractivity contribution in [2.45, 2.75) is 32.5 Å². The van der Waals surface area contributed by atoms with Crippen molar-refractivity contribution >= 4 is 22.8 Å². The van der Waals surface area contributed by atoms with E-state index in [2.05, 4.69) is 10.3 Å². The fraction of sp³-hybridized carbons (Fsp3) is 0.292. The van der Waals surface area contributed by atoms with E-state index in [1.807, 2.05) is 26.0 Å². The molecule has 11 heteroatoms. The molecule has 1 atom stereocenters. The SMILES string of the molecule is COc1ccc(C(NC(=O)CC(C)C)c2ccc3cccnc3c2O)cc1F.O=C(O)C(F)(F)F. The fourth-order valence-corrected chi connectivity index (χ4v) is 3.17. The first kappa shape index (κ1) is 27.4. The number of nitrogens with one attached hydrogen (secondary N) is 1. The van der Waals surface area contributed by atoms with Crippen LogP contribution in [0.2, 0.25) is 0 Å². The first-order valence-electron chi connectivity index (χ1n) is 10.3. The molecule has 3 rings (SSSR count). The highest BCUT2D eigenvalue weighted by atomic mass is 19.4. The van der Waals surface area contributed by atoms with Gasteiger partial charge in [0, 0.05) is 23.6 Å². The second-order valence-corrected chi connectivity index (χ2v) is 7.87. The fourth-order valence-electron chi connectivity index (χ4n) is 3.17. The summed E-state index contributed by atoms with van der Waals surface area (Å²) in [5.41, 5.74) is 1.38. The number of phenols is 1. The summed E-state index contributed by atoms with van der Waals surface area (Å²) in [6.45, 7) is 3.89. The molecular formula is C24H24F4N2O5. The van der Waals surface area contributed by atoms with Crippen LogP contribution in [0.15, 0.2) is 48.7 Å². The summed E-state index contributed by atoms with van der Waals surface area (Å²) in [5, 5.41) is 21.6. The summed E-state index contributed by atoms with van der Waals surface area (Å²) >= 11 is 0. The zero-order chi connectivity index (χ0) is 26.3. The van der Waals surface area contributed by atoms with Crippen LogP contribution in [0, 0.1) is 11.7 Å². The van der Waals surface area contributed by atoms with Gasteiger partial charge in [-0.2, -0.15) is 13.2 Å². The Labute approximate surface area is 198 Å². The molecule has 0 bridgehead atoms. The topological polar surface area (TPSA) is 109 Å². The number of amides is 1. The van der Waals surface area contributed by atoms with Crippen LogP contribution in [0.4, 0.5) is 17.6 Å². The summed E-state index contributed by atoms with van der Waals surface area (Å²) in [4.78, 5) is 25.6. The third kappa shape index (κ3) is 7.29. The van der Waals surface area contributed by atoms with E-state index in [9.17, 15) is 27.5 Å². The van der Waals surface area contributed by atoms with Gasteiger partial charge in [0.05, 0.1) is 13.2 Å². The standard InChI is InChI=1S/C22H23FN2O3.C2HF3O2/c1-13(2)11-19(26)25-20(15-7-9-18(28-3)17(23)12-15)16-8-6-14-5-4-10-24-21(14)22(16)27;3-2(4,5)1(6)7/h4-10,12-13,20,27H,11H2,1-3H3,(H,25,26);(H,6,7). The molecule has 188 valence electrons.